The van der Waals surface area contributed by atoms with Crippen LogP contribution in [0.15, 0.2) is 24.3 Å². The molecule has 2 N–H and O–H groups in total. The number of benzene rings is 1. The minimum atomic E-state index is -0.373. The third kappa shape index (κ3) is 4.78. The standard InChI is InChI=1S/C16H21FN2O2.ClH/c17-13-6-4-12(5-7-13)15(20)8-9-16(21)19-10-2-1-3-14(19)11-18;/h4-7,14H,1-3,8-11,18H2;1H. The Kier molecular flexibility index (Phi) is 7.48. The van der Waals surface area contributed by atoms with Gasteiger partial charge in [0, 0.05) is 37.5 Å². The summed E-state index contributed by atoms with van der Waals surface area (Å²) in [6.45, 7) is 1.20. The first kappa shape index (κ1) is 18.6. The maximum absolute atomic E-state index is 12.8. The van der Waals surface area contributed by atoms with Gasteiger partial charge in [-0.2, -0.15) is 0 Å². The average molecular weight is 329 g/mol. The molecule has 1 heterocycles. The minimum absolute atomic E-state index is 0. The lowest BCUT2D eigenvalue weighted by Gasteiger charge is -2.35. The quantitative estimate of drug-likeness (QED) is 0.845. The van der Waals surface area contributed by atoms with Crippen molar-refractivity contribution in [2.24, 2.45) is 5.73 Å². The summed E-state index contributed by atoms with van der Waals surface area (Å²) in [6, 6.07) is 5.51. The molecule has 1 atom stereocenters. The molecule has 1 amide bonds. The Morgan fingerprint density at radius 1 is 1.18 bits per heavy atom. The number of hydrogen-bond donors (Lipinski definition) is 1. The van der Waals surface area contributed by atoms with E-state index in [0.29, 0.717) is 12.1 Å². The van der Waals surface area contributed by atoms with Gasteiger partial charge in [-0.25, -0.2) is 4.39 Å². The molecule has 6 heteroatoms. The van der Waals surface area contributed by atoms with Gasteiger partial charge < -0.3 is 10.6 Å². The maximum Gasteiger partial charge on any atom is 0.223 e. The minimum Gasteiger partial charge on any atom is -0.338 e. The van der Waals surface area contributed by atoms with E-state index < -0.39 is 0 Å². The van der Waals surface area contributed by atoms with Gasteiger partial charge in [-0.15, -0.1) is 12.4 Å². The molecule has 0 aliphatic carbocycles. The monoisotopic (exact) mass is 328 g/mol. The van der Waals surface area contributed by atoms with E-state index in [2.05, 4.69) is 0 Å². The summed E-state index contributed by atoms with van der Waals surface area (Å²) in [6.07, 6.45) is 3.37. The van der Waals surface area contributed by atoms with Gasteiger partial charge in [0.2, 0.25) is 5.91 Å². The van der Waals surface area contributed by atoms with Crippen LogP contribution >= 0.6 is 12.4 Å². The molecule has 0 saturated carbocycles. The lowest BCUT2D eigenvalue weighted by molar-refractivity contribution is -0.134. The van der Waals surface area contributed by atoms with Crippen LogP contribution in [0.5, 0.6) is 0 Å². The lowest BCUT2D eigenvalue weighted by Crippen LogP contribution is -2.47. The Bertz CT molecular complexity index is 507. The molecule has 1 fully saturated rings. The first-order chi connectivity index (χ1) is 10.1. The smallest absolute Gasteiger partial charge is 0.223 e. The molecular weight excluding hydrogens is 307 g/mol. The second kappa shape index (κ2) is 8.86. The number of likely N-dealkylation sites (tertiary alicyclic amines) is 1. The Hall–Kier alpha value is -1.46. The number of carbonyl (C=O) groups excluding carboxylic acids is 2. The number of halogens is 2. The molecule has 1 aromatic rings. The Labute approximate surface area is 136 Å². The first-order valence-corrected chi connectivity index (χ1v) is 7.40. The number of carbonyl (C=O) groups is 2. The van der Waals surface area contributed by atoms with Gasteiger partial charge in [-0.1, -0.05) is 0 Å². The van der Waals surface area contributed by atoms with Crippen molar-refractivity contribution in [1.82, 2.24) is 4.90 Å². The molecule has 2 rings (SSSR count). The van der Waals surface area contributed by atoms with Gasteiger partial charge in [-0.3, -0.25) is 9.59 Å². The molecular formula is C16H22ClFN2O2. The molecule has 1 aliphatic heterocycles. The van der Waals surface area contributed by atoms with Gasteiger partial charge in [0.25, 0.3) is 0 Å². The molecule has 1 aromatic carbocycles. The number of Topliss-reactive ketones (excluding diaryl/α,β-unsaturated/α-hetero) is 1. The molecule has 4 nitrogen and oxygen atoms in total. The Balaban J connectivity index is 0.00000242. The second-order valence-corrected chi connectivity index (χ2v) is 5.40. The van der Waals surface area contributed by atoms with Crippen LogP contribution in [0.1, 0.15) is 42.5 Å². The van der Waals surface area contributed by atoms with E-state index in [9.17, 15) is 14.0 Å². The Morgan fingerprint density at radius 2 is 1.86 bits per heavy atom. The van der Waals surface area contributed by atoms with Gasteiger partial charge >= 0.3 is 0 Å². The third-order valence-electron chi connectivity index (χ3n) is 3.95. The van der Waals surface area contributed by atoms with Crippen molar-refractivity contribution < 1.29 is 14.0 Å². The van der Waals surface area contributed by atoms with E-state index >= 15 is 0 Å². The molecule has 22 heavy (non-hydrogen) atoms. The lowest BCUT2D eigenvalue weighted by atomic mass is 10.0. The fourth-order valence-corrected chi connectivity index (χ4v) is 2.72. The first-order valence-electron chi connectivity index (χ1n) is 7.40. The van der Waals surface area contributed by atoms with E-state index in [0.717, 1.165) is 25.8 Å². The third-order valence-corrected chi connectivity index (χ3v) is 3.95. The van der Waals surface area contributed by atoms with Gasteiger partial charge in [-0.05, 0) is 43.5 Å². The van der Waals surface area contributed by atoms with Crippen molar-refractivity contribution >= 4 is 24.1 Å². The summed E-state index contributed by atoms with van der Waals surface area (Å²) in [5.41, 5.74) is 6.14. The maximum atomic E-state index is 12.8. The van der Waals surface area contributed by atoms with Crippen molar-refractivity contribution in [3.8, 4) is 0 Å². The second-order valence-electron chi connectivity index (χ2n) is 5.40. The largest absolute Gasteiger partial charge is 0.338 e. The number of nitrogens with zero attached hydrogens (tertiary/aromatic N) is 1. The van der Waals surface area contributed by atoms with Gasteiger partial charge in [0.15, 0.2) is 5.78 Å². The van der Waals surface area contributed by atoms with Crippen molar-refractivity contribution in [3.63, 3.8) is 0 Å². The van der Waals surface area contributed by atoms with E-state index in [1.54, 1.807) is 4.90 Å². The molecule has 0 bridgehead atoms. The number of amides is 1. The van der Waals surface area contributed by atoms with Crippen LogP contribution in [-0.4, -0.2) is 35.7 Å². The van der Waals surface area contributed by atoms with Crippen LogP contribution in [0.2, 0.25) is 0 Å². The number of piperidine rings is 1. The van der Waals surface area contributed by atoms with Crippen LogP contribution in [0.3, 0.4) is 0 Å². The van der Waals surface area contributed by atoms with Crippen molar-refractivity contribution in [1.29, 1.82) is 0 Å². The zero-order chi connectivity index (χ0) is 15.2. The molecule has 0 radical (unpaired) electrons. The summed E-state index contributed by atoms with van der Waals surface area (Å²) in [7, 11) is 0. The highest BCUT2D eigenvalue weighted by Crippen LogP contribution is 2.18. The van der Waals surface area contributed by atoms with E-state index in [1.165, 1.54) is 24.3 Å². The highest BCUT2D eigenvalue weighted by Gasteiger charge is 2.25. The number of hydrogen-bond acceptors (Lipinski definition) is 3. The predicted molar refractivity (Wildman–Crippen MR) is 85.6 cm³/mol. The SMILES string of the molecule is Cl.NCC1CCCCN1C(=O)CCC(=O)c1ccc(F)cc1. The van der Waals surface area contributed by atoms with E-state index in [-0.39, 0.29) is 48.8 Å². The Morgan fingerprint density at radius 3 is 2.50 bits per heavy atom. The number of ketones is 1. The highest BCUT2D eigenvalue weighted by molar-refractivity contribution is 5.97. The van der Waals surface area contributed by atoms with Crippen LogP contribution in [0, 0.1) is 5.82 Å². The normalized spacial score (nSPS) is 17.7. The average Bonchev–Trinajstić information content (AvgIpc) is 2.52. The number of nitrogens with two attached hydrogens (primary N) is 1. The van der Waals surface area contributed by atoms with Crippen molar-refractivity contribution in [2.75, 3.05) is 13.1 Å². The van der Waals surface area contributed by atoms with Crippen LogP contribution in [0.4, 0.5) is 4.39 Å². The van der Waals surface area contributed by atoms with Gasteiger partial charge in [0.1, 0.15) is 5.82 Å². The molecule has 122 valence electrons. The molecule has 0 aromatic heterocycles. The molecule has 0 spiro atoms. The van der Waals surface area contributed by atoms with Crippen LogP contribution in [-0.2, 0) is 4.79 Å². The summed E-state index contributed by atoms with van der Waals surface area (Å²) in [5, 5.41) is 0. The fraction of sp³-hybridized carbons (Fsp3) is 0.500. The summed E-state index contributed by atoms with van der Waals surface area (Å²) in [4.78, 5) is 26.0. The predicted octanol–water partition coefficient (Wildman–Crippen LogP) is 2.55. The fourth-order valence-electron chi connectivity index (χ4n) is 2.72. The van der Waals surface area contributed by atoms with Crippen molar-refractivity contribution in [3.05, 3.63) is 35.6 Å². The molecule has 1 saturated heterocycles. The zero-order valence-electron chi connectivity index (χ0n) is 12.5. The topological polar surface area (TPSA) is 63.4 Å². The highest BCUT2D eigenvalue weighted by atomic mass is 35.5. The van der Waals surface area contributed by atoms with E-state index in [4.69, 9.17) is 5.73 Å². The molecule has 1 unspecified atom stereocenters. The van der Waals surface area contributed by atoms with Crippen LogP contribution < -0.4 is 5.73 Å². The summed E-state index contributed by atoms with van der Waals surface area (Å²) >= 11 is 0. The zero-order valence-corrected chi connectivity index (χ0v) is 13.3. The van der Waals surface area contributed by atoms with Crippen LogP contribution in [0.25, 0.3) is 0 Å². The number of rotatable bonds is 5. The van der Waals surface area contributed by atoms with Gasteiger partial charge in [0.05, 0.1) is 0 Å². The summed E-state index contributed by atoms with van der Waals surface area (Å²) in [5.74, 6) is -0.521. The van der Waals surface area contributed by atoms with Crippen molar-refractivity contribution in [2.45, 2.75) is 38.1 Å². The van der Waals surface area contributed by atoms with E-state index in [1.807, 2.05) is 0 Å². The summed E-state index contributed by atoms with van der Waals surface area (Å²) < 4.78 is 12.8. The molecule has 1 aliphatic rings.